The molecule has 0 bridgehead atoms. The van der Waals surface area contributed by atoms with Crippen LogP contribution in [0.25, 0.3) is 0 Å². The highest BCUT2D eigenvalue weighted by molar-refractivity contribution is 7.98. The van der Waals surface area contributed by atoms with E-state index in [1.165, 1.54) is 0 Å². The molecule has 100 valence electrons. The lowest BCUT2D eigenvalue weighted by atomic mass is 10.3. The van der Waals surface area contributed by atoms with Crippen LogP contribution in [0.5, 0.6) is 11.8 Å². The Morgan fingerprint density at radius 1 is 1.11 bits per heavy atom. The van der Waals surface area contributed by atoms with Gasteiger partial charge in [-0.1, -0.05) is 0 Å². The summed E-state index contributed by atoms with van der Waals surface area (Å²) < 4.78 is 5.57. The first kappa shape index (κ1) is 13.4. The van der Waals surface area contributed by atoms with Gasteiger partial charge in [0.25, 0.3) is 0 Å². The summed E-state index contributed by atoms with van der Waals surface area (Å²) in [5, 5.41) is 0. The van der Waals surface area contributed by atoms with Crippen molar-refractivity contribution in [2.45, 2.75) is 4.90 Å². The number of rotatable bonds is 4. The maximum Gasteiger partial charge on any atom is 0.328 e. The zero-order chi connectivity index (χ0) is 13.8. The van der Waals surface area contributed by atoms with Gasteiger partial charge < -0.3 is 15.4 Å². The topological polar surface area (TPSA) is 77.2 Å². The largest absolute Gasteiger partial charge is 0.424 e. The summed E-state index contributed by atoms with van der Waals surface area (Å²) >= 11 is 1.67. The summed E-state index contributed by atoms with van der Waals surface area (Å²) in [5.74, 6) is 1.26. The standard InChI is InChI=1S/C12H15N5OS/c1-17(2)11-14-10(13)15-12(16-11)18-8-4-6-9(19-3)7-5-8/h4-7H,1-3H3,(H2,13,14,15,16). The number of nitrogens with zero attached hydrogens (tertiary/aromatic N) is 4. The third kappa shape index (κ3) is 3.47. The molecule has 6 nitrogen and oxygen atoms in total. The Hall–Kier alpha value is -2.02. The molecule has 0 aliphatic heterocycles. The molecular weight excluding hydrogens is 262 g/mol. The highest BCUT2D eigenvalue weighted by Gasteiger charge is 2.08. The van der Waals surface area contributed by atoms with Crippen LogP contribution in [0, 0.1) is 0 Å². The number of thioether (sulfide) groups is 1. The number of nitrogens with two attached hydrogens (primary N) is 1. The van der Waals surface area contributed by atoms with Gasteiger partial charge in [-0.05, 0) is 30.5 Å². The molecule has 0 spiro atoms. The molecule has 0 saturated heterocycles. The molecule has 1 aromatic heterocycles. The van der Waals surface area contributed by atoms with E-state index in [1.54, 1.807) is 16.7 Å². The number of hydrogen-bond acceptors (Lipinski definition) is 7. The summed E-state index contributed by atoms with van der Waals surface area (Å²) in [6, 6.07) is 7.85. The van der Waals surface area contributed by atoms with Gasteiger partial charge in [0, 0.05) is 19.0 Å². The minimum Gasteiger partial charge on any atom is -0.424 e. The van der Waals surface area contributed by atoms with E-state index in [1.807, 2.05) is 44.6 Å². The zero-order valence-corrected chi connectivity index (χ0v) is 11.8. The smallest absolute Gasteiger partial charge is 0.328 e. The second-order valence-electron chi connectivity index (χ2n) is 3.95. The van der Waals surface area contributed by atoms with Crippen molar-refractivity contribution in [2.24, 2.45) is 0 Å². The highest BCUT2D eigenvalue weighted by Crippen LogP contribution is 2.23. The minimum atomic E-state index is 0.134. The molecule has 0 aliphatic carbocycles. The van der Waals surface area contributed by atoms with E-state index in [0.717, 1.165) is 4.90 Å². The molecular formula is C12H15N5OS. The van der Waals surface area contributed by atoms with Gasteiger partial charge in [0.1, 0.15) is 5.75 Å². The summed E-state index contributed by atoms with van der Waals surface area (Å²) in [5.41, 5.74) is 5.62. The van der Waals surface area contributed by atoms with Crippen molar-refractivity contribution < 1.29 is 4.74 Å². The lowest BCUT2D eigenvalue weighted by Crippen LogP contribution is -2.15. The van der Waals surface area contributed by atoms with Crippen LogP contribution in [0.3, 0.4) is 0 Å². The number of benzene rings is 1. The van der Waals surface area contributed by atoms with Crippen LogP contribution in [0.15, 0.2) is 29.2 Å². The Morgan fingerprint density at radius 3 is 2.37 bits per heavy atom. The fraction of sp³-hybridized carbons (Fsp3) is 0.250. The third-order valence-corrected chi connectivity index (χ3v) is 3.03. The number of anilines is 2. The molecule has 2 N–H and O–H groups in total. The molecule has 0 amide bonds. The lowest BCUT2D eigenvalue weighted by molar-refractivity contribution is 0.440. The third-order valence-electron chi connectivity index (χ3n) is 2.29. The molecule has 1 aromatic carbocycles. The van der Waals surface area contributed by atoms with Crippen LogP contribution in [0.2, 0.25) is 0 Å². The second-order valence-corrected chi connectivity index (χ2v) is 4.83. The predicted molar refractivity (Wildman–Crippen MR) is 76.9 cm³/mol. The monoisotopic (exact) mass is 277 g/mol. The summed E-state index contributed by atoms with van der Waals surface area (Å²) in [6.45, 7) is 0. The summed E-state index contributed by atoms with van der Waals surface area (Å²) in [6.07, 6.45) is 2.02. The maximum absolute atomic E-state index is 5.62. The van der Waals surface area contributed by atoms with Gasteiger partial charge in [-0.3, -0.25) is 0 Å². The van der Waals surface area contributed by atoms with E-state index >= 15 is 0 Å². The van der Waals surface area contributed by atoms with Crippen molar-refractivity contribution in [2.75, 3.05) is 31.0 Å². The van der Waals surface area contributed by atoms with Crippen molar-refractivity contribution in [3.63, 3.8) is 0 Å². The summed E-state index contributed by atoms with van der Waals surface area (Å²) in [7, 11) is 3.65. The average molecular weight is 277 g/mol. The van der Waals surface area contributed by atoms with Gasteiger partial charge in [0.2, 0.25) is 11.9 Å². The number of ether oxygens (including phenoxy) is 1. The van der Waals surface area contributed by atoms with E-state index in [4.69, 9.17) is 10.5 Å². The molecule has 0 radical (unpaired) electrons. The molecule has 2 rings (SSSR count). The molecule has 19 heavy (non-hydrogen) atoms. The summed E-state index contributed by atoms with van der Waals surface area (Å²) in [4.78, 5) is 15.0. The van der Waals surface area contributed by atoms with Crippen molar-refractivity contribution in [3.8, 4) is 11.8 Å². The van der Waals surface area contributed by atoms with Crippen molar-refractivity contribution in [1.82, 2.24) is 15.0 Å². The minimum absolute atomic E-state index is 0.134. The normalized spacial score (nSPS) is 10.3. The Bertz CT molecular complexity index is 559. The van der Waals surface area contributed by atoms with Crippen LogP contribution in [-0.2, 0) is 0 Å². The quantitative estimate of drug-likeness (QED) is 0.857. The first-order chi connectivity index (χ1) is 9.08. The maximum atomic E-state index is 5.62. The highest BCUT2D eigenvalue weighted by atomic mass is 32.2. The van der Waals surface area contributed by atoms with Crippen molar-refractivity contribution >= 4 is 23.7 Å². The Balaban J connectivity index is 2.22. The second kappa shape index (κ2) is 5.75. The van der Waals surface area contributed by atoms with Crippen molar-refractivity contribution in [1.29, 1.82) is 0 Å². The molecule has 0 unspecified atom stereocenters. The molecule has 7 heteroatoms. The Kier molecular flexibility index (Phi) is 4.06. The van der Waals surface area contributed by atoms with Crippen LogP contribution in [0.4, 0.5) is 11.9 Å². The fourth-order valence-corrected chi connectivity index (χ4v) is 1.76. The van der Waals surface area contributed by atoms with Gasteiger partial charge in [-0.15, -0.1) is 11.8 Å². The Morgan fingerprint density at radius 2 is 1.79 bits per heavy atom. The SMILES string of the molecule is CSc1ccc(Oc2nc(N)nc(N(C)C)n2)cc1. The molecule has 0 saturated carbocycles. The van der Waals surface area contributed by atoms with Crippen LogP contribution < -0.4 is 15.4 Å². The van der Waals surface area contributed by atoms with E-state index < -0.39 is 0 Å². The zero-order valence-electron chi connectivity index (χ0n) is 11.0. The van der Waals surface area contributed by atoms with E-state index in [-0.39, 0.29) is 12.0 Å². The van der Waals surface area contributed by atoms with E-state index in [9.17, 15) is 0 Å². The molecule has 0 fully saturated rings. The Labute approximate surface area is 116 Å². The van der Waals surface area contributed by atoms with Crippen molar-refractivity contribution in [3.05, 3.63) is 24.3 Å². The van der Waals surface area contributed by atoms with Gasteiger partial charge in [0.15, 0.2) is 0 Å². The van der Waals surface area contributed by atoms with Crippen LogP contribution in [0.1, 0.15) is 0 Å². The molecule has 1 heterocycles. The number of hydrogen-bond donors (Lipinski definition) is 1. The first-order valence-corrected chi connectivity index (χ1v) is 6.82. The lowest BCUT2D eigenvalue weighted by Gasteiger charge is -2.11. The van der Waals surface area contributed by atoms with Gasteiger partial charge in [-0.25, -0.2) is 0 Å². The van der Waals surface area contributed by atoms with Crippen LogP contribution >= 0.6 is 11.8 Å². The first-order valence-electron chi connectivity index (χ1n) is 5.59. The molecule has 0 atom stereocenters. The fourth-order valence-electron chi connectivity index (χ4n) is 1.36. The van der Waals surface area contributed by atoms with Gasteiger partial charge >= 0.3 is 6.01 Å². The van der Waals surface area contributed by atoms with E-state index in [0.29, 0.717) is 11.7 Å². The van der Waals surface area contributed by atoms with Gasteiger partial charge in [-0.2, -0.15) is 15.0 Å². The molecule has 2 aromatic rings. The van der Waals surface area contributed by atoms with E-state index in [2.05, 4.69) is 15.0 Å². The number of nitrogen functional groups attached to an aromatic ring is 1. The average Bonchev–Trinajstić information content (AvgIpc) is 2.39. The van der Waals surface area contributed by atoms with Gasteiger partial charge in [0.05, 0.1) is 0 Å². The van der Waals surface area contributed by atoms with Crippen LogP contribution in [-0.4, -0.2) is 35.3 Å². The predicted octanol–water partition coefficient (Wildman–Crippen LogP) is 2.03. The number of aromatic nitrogens is 3. The molecule has 0 aliphatic rings.